The van der Waals surface area contributed by atoms with Gasteiger partial charge in [-0.3, -0.25) is 0 Å². The van der Waals surface area contributed by atoms with Crippen LogP contribution in [0.2, 0.25) is 0 Å². The van der Waals surface area contributed by atoms with E-state index in [1.165, 1.54) is 7.11 Å². The highest BCUT2D eigenvalue weighted by atomic mass is 16.6. The van der Waals surface area contributed by atoms with Gasteiger partial charge < -0.3 is 19.7 Å². The second-order valence-corrected chi connectivity index (χ2v) is 6.80. The Hall–Kier alpha value is -2.21. The molecule has 0 radical (unpaired) electrons. The summed E-state index contributed by atoms with van der Waals surface area (Å²) in [5, 5.41) is 17.9. The molecule has 0 aromatic rings. The first kappa shape index (κ1) is 28.8. The number of allylic oxidation sites excluding steroid dienone is 11. The number of hydrogen-bond donors (Lipinski definition) is 2. The Balaban J connectivity index is 3.88. The smallest absolute Gasteiger partial charge is 0.336 e. The minimum Gasteiger partial charge on any atom is -0.456 e. The van der Waals surface area contributed by atoms with Gasteiger partial charge in [0.25, 0.3) is 0 Å². The molecule has 0 saturated heterocycles. The van der Waals surface area contributed by atoms with Crippen molar-refractivity contribution >= 4 is 5.97 Å². The third-order valence-electron chi connectivity index (χ3n) is 4.18. The van der Waals surface area contributed by atoms with E-state index in [1.54, 1.807) is 0 Å². The monoisotopic (exact) mass is 432 g/mol. The summed E-state index contributed by atoms with van der Waals surface area (Å²) in [5.74, 6) is -0.588. The molecular formula is C26H40O5. The van der Waals surface area contributed by atoms with E-state index in [1.807, 2.05) is 12.2 Å². The average molecular weight is 433 g/mol. The fraction of sp³-hybridized carbons (Fsp3) is 0.500. The van der Waals surface area contributed by atoms with Crippen molar-refractivity contribution in [2.45, 2.75) is 64.1 Å². The SMILES string of the molecule is CC/C=C\C/C=C\C/C=C\C/C=C\C/C=C\C/C=C\CC(OC)C(=O)OC(CO)CO. The average Bonchev–Trinajstić information content (AvgIpc) is 2.78. The van der Waals surface area contributed by atoms with Crippen LogP contribution in [0.4, 0.5) is 0 Å². The third kappa shape index (κ3) is 18.3. The summed E-state index contributed by atoms with van der Waals surface area (Å²) >= 11 is 0. The van der Waals surface area contributed by atoms with Gasteiger partial charge in [0.15, 0.2) is 6.10 Å². The van der Waals surface area contributed by atoms with Gasteiger partial charge in [0.05, 0.1) is 13.2 Å². The van der Waals surface area contributed by atoms with Gasteiger partial charge in [-0.25, -0.2) is 4.79 Å². The number of methoxy groups -OCH3 is 1. The zero-order valence-corrected chi connectivity index (χ0v) is 19.1. The van der Waals surface area contributed by atoms with E-state index < -0.39 is 31.4 Å². The van der Waals surface area contributed by atoms with Crippen LogP contribution in [0.5, 0.6) is 0 Å². The highest BCUT2D eigenvalue weighted by Gasteiger charge is 2.21. The predicted molar refractivity (Wildman–Crippen MR) is 128 cm³/mol. The Labute approximate surface area is 188 Å². The molecule has 5 heteroatoms. The number of aliphatic hydroxyl groups excluding tert-OH is 2. The van der Waals surface area contributed by atoms with Crippen LogP contribution in [-0.2, 0) is 14.3 Å². The molecule has 0 saturated carbocycles. The maximum absolute atomic E-state index is 11.9. The number of carbonyl (C=O) groups excluding carboxylic acids is 1. The molecule has 0 bridgehead atoms. The molecule has 0 spiro atoms. The molecular weight excluding hydrogens is 392 g/mol. The molecule has 0 aromatic heterocycles. The lowest BCUT2D eigenvalue weighted by atomic mass is 10.2. The molecule has 2 N–H and O–H groups in total. The molecule has 5 nitrogen and oxygen atoms in total. The number of rotatable bonds is 18. The Bertz CT molecular complexity index is 595. The number of aliphatic hydroxyl groups is 2. The molecule has 0 amide bonds. The maximum Gasteiger partial charge on any atom is 0.336 e. The zero-order chi connectivity index (χ0) is 23.0. The molecule has 1 unspecified atom stereocenters. The summed E-state index contributed by atoms with van der Waals surface area (Å²) in [7, 11) is 1.43. The van der Waals surface area contributed by atoms with Crippen LogP contribution >= 0.6 is 0 Å². The first-order chi connectivity index (χ1) is 15.2. The fourth-order valence-corrected chi connectivity index (χ4v) is 2.40. The first-order valence-electron chi connectivity index (χ1n) is 11.0. The van der Waals surface area contributed by atoms with Crippen LogP contribution in [0.1, 0.15) is 51.9 Å². The van der Waals surface area contributed by atoms with E-state index in [2.05, 4.69) is 67.7 Å². The largest absolute Gasteiger partial charge is 0.456 e. The van der Waals surface area contributed by atoms with E-state index in [9.17, 15) is 4.79 Å². The van der Waals surface area contributed by atoms with Gasteiger partial charge in [-0.15, -0.1) is 0 Å². The van der Waals surface area contributed by atoms with Crippen LogP contribution < -0.4 is 0 Å². The zero-order valence-electron chi connectivity index (χ0n) is 19.1. The van der Waals surface area contributed by atoms with E-state index in [-0.39, 0.29) is 0 Å². The highest BCUT2D eigenvalue weighted by Crippen LogP contribution is 2.05. The Kier molecular flexibility index (Phi) is 20.9. The van der Waals surface area contributed by atoms with Gasteiger partial charge in [-0.05, 0) is 38.5 Å². The second-order valence-electron chi connectivity index (χ2n) is 6.80. The topological polar surface area (TPSA) is 76.0 Å². The van der Waals surface area contributed by atoms with Crippen molar-refractivity contribution in [2.75, 3.05) is 20.3 Å². The standard InChI is InChI=1S/C26H40O5/c1-3-4-5-6-7-8-9-10-11-12-13-14-15-16-17-18-19-20-21-25(30-2)26(29)31-24(22-27)23-28/h4-5,7-8,10-11,13-14,16-17,19-20,24-25,27-28H,3,6,9,12,15,18,21-23H2,1-2H3/b5-4-,8-7-,11-10-,14-13-,17-16-,20-19-. The second kappa shape index (κ2) is 22.5. The highest BCUT2D eigenvalue weighted by molar-refractivity contribution is 5.75. The summed E-state index contributed by atoms with van der Waals surface area (Å²) in [6.07, 6.45) is 29.8. The molecule has 0 heterocycles. The van der Waals surface area contributed by atoms with Crippen molar-refractivity contribution in [3.63, 3.8) is 0 Å². The Morgan fingerprint density at radius 1 is 0.710 bits per heavy atom. The molecule has 0 aliphatic heterocycles. The third-order valence-corrected chi connectivity index (χ3v) is 4.18. The van der Waals surface area contributed by atoms with Crippen molar-refractivity contribution in [1.29, 1.82) is 0 Å². The Morgan fingerprint density at radius 2 is 1.10 bits per heavy atom. The van der Waals surface area contributed by atoms with Gasteiger partial charge in [-0.1, -0.05) is 79.8 Å². The molecule has 174 valence electrons. The minimum absolute atomic E-state index is 0.379. The molecule has 0 aliphatic rings. The number of carbonyl (C=O) groups is 1. The van der Waals surface area contributed by atoms with Crippen LogP contribution in [0.25, 0.3) is 0 Å². The summed E-state index contributed by atoms with van der Waals surface area (Å²) < 4.78 is 10.1. The quantitative estimate of drug-likeness (QED) is 0.236. The lowest BCUT2D eigenvalue weighted by Crippen LogP contribution is -2.32. The van der Waals surface area contributed by atoms with Crippen LogP contribution in [0, 0.1) is 0 Å². The van der Waals surface area contributed by atoms with Gasteiger partial charge in [0, 0.05) is 13.5 Å². The van der Waals surface area contributed by atoms with E-state index in [0.717, 1.165) is 38.5 Å². The van der Waals surface area contributed by atoms with Crippen molar-refractivity contribution in [3.8, 4) is 0 Å². The summed E-state index contributed by atoms with van der Waals surface area (Å²) in [4.78, 5) is 11.9. The first-order valence-corrected chi connectivity index (χ1v) is 11.0. The summed E-state index contributed by atoms with van der Waals surface area (Å²) in [6, 6.07) is 0. The van der Waals surface area contributed by atoms with Crippen LogP contribution in [-0.4, -0.2) is 48.7 Å². The predicted octanol–water partition coefficient (Wildman–Crippen LogP) is 4.99. The van der Waals surface area contributed by atoms with Gasteiger partial charge in [0.1, 0.15) is 6.10 Å². The minimum atomic E-state index is -0.907. The molecule has 1 atom stereocenters. The summed E-state index contributed by atoms with van der Waals surface area (Å²) in [5.41, 5.74) is 0. The molecule has 0 fully saturated rings. The van der Waals surface area contributed by atoms with Gasteiger partial charge >= 0.3 is 5.97 Å². The summed E-state index contributed by atoms with van der Waals surface area (Å²) in [6.45, 7) is 1.30. The Morgan fingerprint density at radius 3 is 1.45 bits per heavy atom. The lowest BCUT2D eigenvalue weighted by Gasteiger charge is -2.17. The number of hydrogen-bond acceptors (Lipinski definition) is 5. The van der Waals surface area contributed by atoms with Gasteiger partial charge in [0.2, 0.25) is 0 Å². The normalized spacial score (nSPS) is 14.0. The van der Waals surface area contributed by atoms with Crippen molar-refractivity contribution in [3.05, 3.63) is 72.9 Å². The molecule has 31 heavy (non-hydrogen) atoms. The fourth-order valence-electron chi connectivity index (χ4n) is 2.40. The molecule has 0 aliphatic carbocycles. The molecule has 0 rings (SSSR count). The number of ether oxygens (including phenoxy) is 2. The van der Waals surface area contributed by atoms with Crippen molar-refractivity contribution in [2.24, 2.45) is 0 Å². The van der Waals surface area contributed by atoms with E-state index in [4.69, 9.17) is 19.7 Å². The molecule has 0 aromatic carbocycles. The van der Waals surface area contributed by atoms with Crippen molar-refractivity contribution in [1.82, 2.24) is 0 Å². The van der Waals surface area contributed by atoms with Gasteiger partial charge in [-0.2, -0.15) is 0 Å². The van der Waals surface area contributed by atoms with E-state index >= 15 is 0 Å². The maximum atomic E-state index is 11.9. The van der Waals surface area contributed by atoms with Crippen LogP contribution in [0.3, 0.4) is 0 Å². The number of esters is 1. The lowest BCUT2D eigenvalue weighted by molar-refractivity contribution is -0.164. The van der Waals surface area contributed by atoms with Crippen LogP contribution in [0.15, 0.2) is 72.9 Å². The van der Waals surface area contributed by atoms with E-state index in [0.29, 0.717) is 6.42 Å². The van der Waals surface area contributed by atoms with Crippen molar-refractivity contribution < 1.29 is 24.5 Å².